The molecule has 0 radical (unpaired) electrons. The normalized spacial score (nSPS) is 14.3. The SMILES string of the molecule is COc1nc(NC2CCCC2)c(Cl)cc1N(c1ccon1)S(=O)(=O)c1ccc2[nH]c(=O)ccc2c1. The van der Waals surface area contributed by atoms with Crippen molar-refractivity contribution in [3.63, 3.8) is 0 Å². The maximum atomic E-state index is 13.9. The van der Waals surface area contributed by atoms with E-state index in [4.69, 9.17) is 20.9 Å². The monoisotopic (exact) mass is 515 g/mol. The zero-order valence-electron chi connectivity index (χ0n) is 18.7. The number of rotatable bonds is 7. The summed E-state index contributed by atoms with van der Waals surface area (Å²) in [6.07, 6.45) is 5.54. The van der Waals surface area contributed by atoms with E-state index in [0.29, 0.717) is 16.7 Å². The highest BCUT2D eigenvalue weighted by molar-refractivity contribution is 7.93. The van der Waals surface area contributed by atoms with Gasteiger partial charge in [0.2, 0.25) is 11.4 Å². The van der Waals surface area contributed by atoms with Crippen molar-refractivity contribution in [2.75, 3.05) is 16.7 Å². The molecule has 1 aromatic carbocycles. The Labute approximate surface area is 205 Å². The molecule has 1 aliphatic rings. The van der Waals surface area contributed by atoms with Crippen LogP contribution in [0.15, 0.2) is 62.9 Å². The van der Waals surface area contributed by atoms with Gasteiger partial charge in [-0.05, 0) is 48.6 Å². The third-order valence-electron chi connectivity index (χ3n) is 5.90. The van der Waals surface area contributed by atoms with E-state index >= 15 is 0 Å². The number of nitrogens with zero attached hydrogens (tertiary/aromatic N) is 3. The number of pyridine rings is 2. The van der Waals surface area contributed by atoms with Gasteiger partial charge in [-0.2, -0.15) is 4.98 Å². The standard InChI is InChI=1S/C23H22ClN5O5S/c1-33-23-19(13-17(24)22(27-23)25-15-4-2-3-5-15)29(20-10-11-34-28-20)35(31,32)16-7-8-18-14(12-16)6-9-21(30)26-18/h6-13,15H,2-5H2,1H3,(H,25,27)(H,26,30). The van der Waals surface area contributed by atoms with Crippen LogP contribution in [0, 0.1) is 0 Å². The zero-order valence-corrected chi connectivity index (χ0v) is 20.3. The van der Waals surface area contributed by atoms with Gasteiger partial charge >= 0.3 is 0 Å². The van der Waals surface area contributed by atoms with Crippen LogP contribution in [0.5, 0.6) is 5.88 Å². The van der Waals surface area contributed by atoms with Crippen LogP contribution in [0.25, 0.3) is 10.9 Å². The second-order valence-electron chi connectivity index (χ2n) is 8.17. The van der Waals surface area contributed by atoms with Gasteiger partial charge in [0.15, 0.2) is 5.82 Å². The van der Waals surface area contributed by atoms with Gasteiger partial charge in [0.1, 0.15) is 17.8 Å². The van der Waals surface area contributed by atoms with Crippen LogP contribution in [0.4, 0.5) is 17.3 Å². The van der Waals surface area contributed by atoms with Crippen LogP contribution in [0.1, 0.15) is 25.7 Å². The smallest absolute Gasteiger partial charge is 0.270 e. The number of fused-ring (bicyclic) bond motifs is 1. The summed E-state index contributed by atoms with van der Waals surface area (Å²) in [5.41, 5.74) is 0.299. The van der Waals surface area contributed by atoms with Gasteiger partial charge in [0, 0.05) is 23.7 Å². The molecule has 0 spiro atoms. The lowest BCUT2D eigenvalue weighted by molar-refractivity contribution is 0.399. The molecule has 4 aromatic rings. The highest BCUT2D eigenvalue weighted by Gasteiger charge is 2.33. The minimum atomic E-state index is -4.24. The maximum Gasteiger partial charge on any atom is 0.270 e. The number of aromatic nitrogens is 3. The van der Waals surface area contributed by atoms with E-state index in [2.05, 4.69) is 20.4 Å². The largest absolute Gasteiger partial charge is 0.479 e. The molecule has 12 heteroatoms. The molecule has 2 N–H and O–H groups in total. The number of aromatic amines is 1. The lowest BCUT2D eigenvalue weighted by Crippen LogP contribution is -2.27. The lowest BCUT2D eigenvalue weighted by Gasteiger charge is -2.24. The first-order chi connectivity index (χ1) is 16.9. The zero-order chi connectivity index (χ0) is 24.6. The molecule has 182 valence electrons. The summed E-state index contributed by atoms with van der Waals surface area (Å²) in [7, 11) is -2.84. The average Bonchev–Trinajstić information content (AvgIpc) is 3.55. The molecule has 3 heterocycles. The van der Waals surface area contributed by atoms with E-state index in [1.54, 1.807) is 6.07 Å². The predicted molar refractivity (Wildman–Crippen MR) is 132 cm³/mol. The number of hydrogen-bond donors (Lipinski definition) is 2. The van der Waals surface area contributed by atoms with Gasteiger partial charge in [-0.25, -0.2) is 12.7 Å². The van der Waals surface area contributed by atoms with E-state index in [0.717, 1.165) is 30.0 Å². The molecular weight excluding hydrogens is 494 g/mol. The molecule has 1 fully saturated rings. The number of ether oxygens (including phenoxy) is 1. The van der Waals surface area contributed by atoms with Crippen LogP contribution in [0.2, 0.25) is 5.02 Å². The molecule has 5 rings (SSSR count). The van der Waals surface area contributed by atoms with Crippen LogP contribution < -0.4 is 19.9 Å². The van der Waals surface area contributed by atoms with Crippen LogP contribution >= 0.6 is 11.6 Å². The molecule has 35 heavy (non-hydrogen) atoms. The van der Waals surface area contributed by atoms with Gasteiger partial charge < -0.3 is 19.6 Å². The lowest BCUT2D eigenvalue weighted by atomic mass is 10.2. The third kappa shape index (κ3) is 4.44. The van der Waals surface area contributed by atoms with E-state index < -0.39 is 10.0 Å². The first kappa shape index (κ1) is 23.2. The Morgan fingerprint density at radius 2 is 1.97 bits per heavy atom. The number of methoxy groups -OCH3 is 1. The third-order valence-corrected chi connectivity index (χ3v) is 7.90. The van der Waals surface area contributed by atoms with Gasteiger partial charge in [-0.1, -0.05) is 29.6 Å². The summed E-state index contributed by atoms with van der Waals surface area (Å²) in [5, 5.41) is 7.97. The molecule has 0 aliphatic heterocycles. The molecule has 0 amide bonds. The summed E-state index contributed by atoms with van der Waals surface area (Å²) in [6, 6.07) is 10.4. The number of hydrogen-bond acceptors (Lipinski definition) is 8. The van der Waals surface area contributed by atoms with Gasteiger partial charge in [0.05, 0.1) is 17.0 Å². The van der Waals surface area contributed by atoms with Crippen molar-refractivity contribution in [3.05, 3.63) is 64.1 Å². The van der Waals surface area contributed by atoms with Crippen molar-refractivity contribution in [3.8, 4) is 5.88 Å². The van der Waals surface area contributed by atoms with Crippen LogP contribution in [-0.2, 0) is 10.0 Å². The highest BCUT2D eigenvalue weighted by Crippen LogP contribution is 2.41. The molecule has 0 bridgehead atoms. The van der Waals surface area contributed by atoms with E-state index in [1.807, 2.05) is 0 Å². The van der Waals surface area contributed by atoms with E-state index in [9.17, 15) is 13.2 Å². The second kappa shape index (κ2) is 9.23. The number of anilines is 3. The van der Waals surface area contributed by atoms with Gasteiger partial charge in [-0.3, -0.25) is 4.79 Å². The second-order valence-corrected chi connectivity index (χ2v) is 10.4. The van der Waals surface area contributed by atoms with Crippen molar-refractivity contribution in [2.45, 2.75) is 36.6 Å². The summed E-state index contributed by atoms with van der Waals surface area (Å²) < 4.78 is 39.2. The molecule has 1 aliphatic carbocycles. The Morgan fingerprint density at radius 1 is 1.17 bits per heavy atom. The topological polar surface area (TPSA) is 130 Å². The Kier molecular flexibility index (Phi) is 6.12. The molecule has 0 unspecified atom stereocenters. The summed E-state index contributed by atoms with van der Waals surface area (Å²) in [5.74, 6) is 0.470. The fourth-order valence-electron chi connectivity index (χ4n) is 4.21. The molecular formula is C23H22ClN5O5S. The number of sulfonamides is 1. The van der Waals surface area contributed by atoms with Crippen molar-refractivity contribution in [1.29, 1.82) is 0 Å². The summed E-state index contributed by atoms with van der Waals surface area (Å²) >= 11 is 6.55. The molecule has 0 atom stereocenters. The number of halogens is 1. The van der Waals surface area contributed by atoms with E-state index in [-0.39, 0.29) is 38.9 Å². The minimum Gasteiger partial charge on any atom is -0.479 e. The van der Waals surface area contributed by atoms with E-state index in [1.165, 1.54) is 49.8 Å². The van der Waals surface area contributed by atoms with Crippen molar-refractivity contribution >= 4 is 49.9 Å². The minimum absolute atomic E-state index is 0.000709. The predicted octanol–water partition coefficient (Wildman–Crippen LogP) is 4.45. The fourth-order valence-corrected chi connectivity index (χ4v) is 5.87. The summed E-state index contributed by atoms with van der Waals surface area (Å²) in [4.78, 5) is 18.7. The molecule has 10 nitrogen and oxygen atoms in total. The Morgan fingerprint density at radius 3 is 2.69 bits per heavy atom. The van der Waals surface area contributed by atoms with Crippen molar-refractivity contribution < 1.29 is 17.7 Å². The molecule has 1 saturated carbocycles. The first-order valence-corrected chi connectivity index (χ1v) is 12.8. The average molecular weight is 516 g/mol. The van der Waals surface area contributed by atoms with Gasteiger partial charge in [0.25, 0.3) is 10.0 Å². The highest BCUT2D eigenvalue weighted by atomic mass is 35.5. The first-order valence-electron chi connectivity index (χ1n) is 11.0. The number of nitrogens with one attached hydrogen (secondary N) is 2. The van der Waals surface area contributed by atoms with Crippen molar-refractivity contribution in [1.82, 2.24) is 15.1 Å². The Hall–Kier alpha value is -3.57. The van der Waals surface area contributed by atoms with Gasteiger partial charge in [-0.15, -0.1) is 0 Å². The molecule has 0 saturated heterocycles. The summed E-state index contributed by atoms with van der Waals surface area (Å²) in [6.45, 7) is 0. The number of H-pyrrole nitrogens is 1. The Balaban J connectivity index is 1.63. The number of benzene rings is 1. The quantitative estimate of drug-likeness (QED) is 0.369. The maximum absolute atomic E-state index is 13.9. The molecule has 3 aromatic heterocycles. The van der Waals surface area contributed by atoms with Crippen molar-refractivity contribution in [2.24, 2.45) is 0 Å². The Bertz CT molecular complexity index is 1530. The fraction of sp³-hybridized carbons (Fsp3) is 0.261. The van der Waals surface area contributed by atoms with Crippen LogP contribution in [-0.4, -0.2) is 36.7 Å². The van der Waals surface area contributed by atoms with Crippen LogP contribution in [0.3, 0.4) is 0 Å².